The van der Waals surface area contributed by atoms with Gasteiger partial charge in [0.15, 0.2) is 0 Å². The Morgan fingerprint density at radius 1 is 1.19 bits per heavy atom. The van der Waals surface area contributed by atoms with Crippen LogP contribution in [-0.4, -0.2) is 39.3 Å². The van der Waals surface area contributed by atoms with E-state index in [9.17, 15) is 0 Å². The van der Waals surface area contributed by atoms with Crippen LogP contribution in [0, 0.1) is 0 Å². The zero-order chi connectivity index (χ0) is 18.8. The lowest BCUT2D eigenvalue weighted by Gasteiger charge is -2.27. The van der Waals surface area contributed by atoms with Gasteiger partial charge in [0.1, 0.15) is 5.82 Å². The van der Waals surface area contributed by atoms with Gasteiger partial charge in [-0.3, -0.25) is 9.58 Å². The maximum absolute atomic E-state index is 4.77. The van der Waals surface area contributed by atoms with Crippen molar-refractivity contribution < 1.29 is 0 Å². The smallest absolute Gasteiger partial charge is 0.144 e. The number of thiol groups is 1. The maximum Gasteiger partial charge on any atom is 0.144 e. The first-order valence-corrected chi connectivity index (χ1v) is 9.83. The van der Waals surface area contributed by atoms with Crippen molar-refractivity contribution in [3.05, 3.63) is 49.1 Å². The van der Waals surface area contributed by atoms with Crippen LogP contribution in [0.25, 0.3) is 21.9 Å². The summed E-state index contributed by atoms with van der Waals surface area (Å²) in [5.41, 5.74) is 3.17. The predicted octanol–water partition coefficient (Wildman–Crippen LogP) is 4.34. The van der Waals surface area contributed by atoms with Crippen molar-refractivity contribution in [2.45, 2.75) is 24.2 Å². The first-order valence-electron chi connectivity index (χ1n) is 9.38. The second-order valence-corrected chi connectivity index (χ2v) is 7.67. The molecule has 1 aliphatic rings. The molecule has 0 spiro atoms. The van der Waals surface area contributed by atoms with E-state index in [0.29, 0.717) is 0 Å². The van der Waals surface area contributed by atoms with E-state index in [4.69, 9.17) is 12.6 Å². The molecule has 1 saturated heterocycles. The van der Waals surface area contributed by atoms with E-state index in [1.807, 2.05) is 30.3 Å². The van der Waals surface area contributed by atoms with Gasteiger partial charge < -0.3 is 5.32 Å². The van der Waals surface area contributed by atoms with E-state index in [1.54, 1.807) is 0 Å². The minimum absolute atomic E-state index is 0.760. The van der Waals surface area contributed by atoms with Crippen molar-refractivity contribution >= 4 is 29.2 Å². The van der Waals surface area contributed by atoms with Crippen LogP contribution < -0.4 is 5.32 Å². The van der Waals surface area contributed by atoms with E-state index >= 15 is 0 Å². The Balaban J connectivity index is 1.57. The van der Waals surface area contributed by atoms with Gasteiger partial charge in [-0.2, -0.15) is 5.10 Å². The number of pyridine rings is 1. The Bertz CT molecular complexity index is 972. The molecule has 3 aromatic rings. The minimum atomic E-state index is 0.760. The van der Waals surface area contributed by atoms with Gasteiger partial charge >= 0.3 is 0 Å². The third kappa shape index (κ3) is 4.01. The van der Waals surface area contributed by atoms with Crippen molar-refractivity contribution in [3.8, 4) is 11.1 Å². The number of nitrogens with zero attached hydrogens (tertiary/aromatic N) is 4. The number of benzene rings is 1. The van der Waals surface area contributed by atoms with Gasteiger partial charge in [-0.25, -0.2) is 4.98 Å². The summed E-state index contributed by atoms with van der Waals surface area (Å²) in [6.45, 7) is 7.34. The summed E-state index contributed by atoms with van der Waals surface area (Å²) in [5.74, 6) is 0.760. The highest BCUT2D eigenvalue weighted by Crippen LogP contribution is 2.31. The summed E-state index contributed by atoms with van der Waals surface area (Å²) in [5, 5.41) is 9.78. The number of anilines is 1. The van der Waals surface area contributed by atoms with Crippen LogP contribution in [0.1, 0.15) is 19.3 Å². The fourth-order valence-electron chi connectivity index (χ4n) is 3.63. The fourth-order valence-corrected chi connectivity index (χ4v) is 3.94. The molecule has 0 amide bonds. The SMILES string of the molecule is C=C(CN1CCCCC1)Nc1ncc2ccc(-c3cnn(C)c3)cc2c1S. The Kier molecular flexibility index (Phi) is 5.18. The lowest BCUT2D eigenvalue weighted by atomic mass is 10.0. The number of piperidine rings is 1. The molecule has 4 rings (SSSR count). The van der Waals surface area contributed by atoms with E-state index in [2.05, 4.69) is 45.1 Å². The number of hydrogen-bond donors (Lipinski definition) is 2. The second-order valence-electron chi connectivity index (χ2n) is 7.23. The topological polar surface area (TPSA) is 46.0 Å². The van der Waals surface area contributed by atoms with Gasteiger partial charge in [0.25, 0.3) is 0 Å². The average molecular weight is 380 g/mol. The van der Waals surface area contributed by atoms with E-state index < -0.39 is 0 Å². The van der Waals surface area contributed by atoms with Gasteiger partial charge in [0.05, 0.1) is 11.1 Å². The number of nitrogens with one attached hydrogen (secondary N) is 1. The molecule has 140 valence electrons. The predicted molar refractivity (Wildman–Crippen MR) is 114 cm³/mol. The lowest BCUT2D eigenvalue weighted by molar-refractivity contribution is 0.247. The second kappa shape index (κ2) is 7.74. The molecular formula is C21H25N5S. The molecule has 5 nitrogen and oxygen atoms in total. The monoisotopic (exact) mass is 379 g/mol. The maximum atomic E-state index is 4.77. The number of likely N-dealkylation sites (tertiary alicyclic amines) is 1. The first kappa shape index (κ1) is 18.1. The molecule has 1 aromatic carbocycles. The van der Waals surface area contributed by atoms with Gasteiger partial charge in [0, 0.05) is 48.0 Å². The number of aryl methyl sites for hydroxylation is 1. The van der Waals surface area contributed by atoms with Crippen molar-refractivity contribution in [1.82, 2.24) is 19.7 Å². The summed E-state index contributed by atoms with van der Waals surface area (Å²) >= 11 is 4.77. The van der Waals surface area contributed by atoms with Crippen LogP contribution >= 0.6 is 12.6 Å². The van der Waals surface area contributed by atoms with Crippen molar-refractivity contribution in [2.24, 2.45) is 7.05 Å². The fraction of sp³-hybridized carbons (Fsp3) is 0.333. The highest BCUT2D eigenvalue weighted by Gasteiger charge is 2.13. The van der Waals surface area contributed by atoms with Crippen LogP contribution in [-0.2, 0) is 7.05 Å². The molecule has 0 unspecified atom stereocenters. The molecule has 27 heavy (non-hydrogen) atoms. The Hall–Kier alpha value is -2.31. The normalized spacial score (nSPS) is 15.2. The standard InChI is InChI=1S/C21H25N5S/c1-15(13-26-8-4-3-5-9-26)24-21-20(27)19-10-16(6-7-17(19)11-22-21)18-12-23-25(2)14-18/h6-7,10-12,14,27H,1,3-5,8-9,13H2,2H3,(H,22,24). The Morgan fingerprint density at radius 3 is 2.74 bits per heavy atom. The summed E-state index contributed by atoms with van der Waals surface area (Å²) in [7, 11) is 1.93. The van der Waals surface area contributed by atoms with E-state index in [-0.39, 0.29) is 0 Å². The third-order valence-corrected chi connectivity index (χ3v) is 5.51. The molecule has 6 heteroatoms. The summed E-state index contributed by atoms with van der Waals surface area (Å²) in [4.78, 5) is 7.85. The van der Waals surface area contributed by atoms with Crippen LogP contribution in [0.2, 0.25) is 0 Å². The minimum Gasteiger partial charge on any atom is -0.342 e. The van der Waals surface area contributed by atoms with Crippen molar-refractivity contribution in [2.75, 3.05) is 25.0 Å². The summed E-state index contributed by atoms with van der Waals surface area (Å²) in [6.07, 6.45) is 9.66. The van der Waals surface area contributed by atoms with Crippen LogP contribution in [0.15, 0.2) is 54.0 Å². The molecule has 0 bridgehead atoms. The Morgan fingerprint density at radius 2 is 2.00 bits per heavy atom. The highest BCUT2D eigenvalue weighted by atomic mass is 32.1. The van der Waals surface area contributed by atoms with E-state index in [0.717, 1.165) is 57.9 Å². The van der Waals surface area contributed by atoms with Gasteiger partial charge in [-0.1, -0.05) is 25.1 Å². The van der Waals surface area contributed by atoms with Gasteiger partial charge in [-0.15, -0.1) is 12.6 Å². The molecule has 0 saturated carbocycles. The molecule has 1 N–H and O–H groups in total. The molecule has 0 radical (unpaired) electrons. The van der Waals surface area contributed by atoms with Gasteiger partial charge in [0.2, 0.25) is 0 Å². The highest BCUT2D eigenvalue weighted by molar-refractivity contribution is 7.80. The third-order valence-electron chi connectivity index (χ3n) is 5.06. The van der Waals surface area contributed by atoms with Crippen LogP contribution in [0.4, 0.5) is 5.82 Å². The zero-order valence-electron chi connectivity index (χ0n) is 15.6. The van der Waals surface area contributed by atoms with Crippen molar-refractivity contribution in [3.63, 3.8) is 0 Å². The molecule has 0 aliphatic carbocycles. The molecule has 2 aromatic heterocycles. The quantitative estimate of drug-likeness (QED) is 0.648. The van der Waals surface area contributed by atoms with Crippen LogP contribution in [0.5, 0.6) is 0 Å². The van der Waals surface area contributed by atoms with Gasteiger partial charge in [-0.05, 0) is 37.6 Å². The summed E-state index contributed by atoms with van der Waals surface area (Å²) in [6, 6.07) is 6.32. The zero-order valence-corrected chi connectivity index (χ0v) is 16.5. The molecule has 1 aliphatic heterocycles. The van der Waals surface area contributed by atoms with Crippen molar-refractivity contribution in [1.29, 1.82) is 0 Å². The molecule has 0 atom stereocenters. The Labute approximate surface area is 165 Å². The number of fused-ring (bicyclic) bond motifs is 1. The summed E-state index contributed by atoms with van der Waals surface area (Å²) < 4.78 is 1.81. The number of hydrogen-bond acceptors (Lipinski definition) is 5. The van der Waals surface area contributed by atoms with Crippen LogP contribution in [0.3, 0.4) is 0 Å². The first-order chi connectivity index (χ1) is 13.1. The largest absolute Gasteiger partial charge is 0.342 e. The number of aromatic nitrogens is 3. The number of rotatable bonds is 5. The molecule has 3 heterocycles. The average Bonchev–Trinajstić information content (AvgIpc) is 3.11. The van der Waals surface area contributed by atoms with E-state index in [1.165, 1.54) is 19.3 Å². The molecule has 1 fully saturated rings. The lowest BCUT2D eigenvalue weighted by Crippen LogP contribution is -2.32. The molecular weight excluding hydrogens is 354 g/mol.